The van der Waals surface area contributed by atoms with Gasteiger partial charge in [0.2, 0.25) is 17.8 Å². The van der Waals surface area contributed by atoms with E-state index in [4.69, 9.17) is 14.5 Å². The quantitative estimate of drug-likeness (QED) is 0.101. The van der Waals surface area contributed by atoms with Crippen molar-refractivity contribution >= 4 is 63.6 Å². The van der Waals surface area contributed by atoms with Gasteiger partial charge < -0.3 is 29.5 Å². The number of pyridine rings is 1. The van der Waals surface area contributed by atoms with Crippen molar-refractivity contribution in [3.05, 3.63) is 77.1 Å². The average Bonchev–Trinajstić information content (AvgIpc) is 4.08. The molecule has 5 aliphatic heterocycles. The van der Waals surface area contributed by atoms with Crippen LogP contribution in [0.5, 0.6) is 0 Å². The number of H-pyrrole nitrogens is 1. The lowest BCUT2D eigenvalue weighted by Crippen LogP contribution is -2.57. The smallest absolute Gasteiger partial charge is 0.262 e. The van der Waals surface area contributed by atoms with Crippen LogP contribution in [0.2, 0.25) is 0 Å². The molecule has 366 valence electrons. The molecule has 0 aliphatic carbocycles. The number of amides is 5. The number of allylic oxidation sites excluding steroid dienone is 1. The molecule has 3 aromatic heterocycles. The third-order valence-corrected chi connectivity index (χ3v) is 14.2. The van der Waals surface area contributed by atoms with E-state index >= 15 is 0 Å². The molecule has 0 spiro atoms. The maximum Gasteiger partial charge on any atom is 0.262 e. The summed E-state index contributed by atoms with van der Waals surface area (Å²) in [6, 6.07) is 14.6. The number of nitrogens with zero attached hydrogens (tertiary/aromatic N) is 12. The van der Waals surface area contributed by atoms with Crippen LogP contribution in [-0.4, -0.2) is 184 Å². The Kier molecular flexibility index (Phi) is 13.1. The van der Waals surface area contributed by atoms with Crippen LogP contribution >= 0.6 is 0 Å². The summed E-state index contributed by atoms with van der Waals surface area (Å²) in [5.74, 6) is -0.756. The van der Waals surface area contributed by atoms with E-state index in [1.165, 1.54) is 0 Å². The second-order valence-corrected chi connectivity index (χ2v) is 18.5. The van der Waals surface area contributed by atoms with Crippen molar-refractivity contribution in [2.45, 2.75) is 58.3 Å². The molecule has 22 nitrogen and oxygen atoms in total. The first-order valence-corrected chi connectivity index (χ1v) is 23.9. The number of hydrogen-bond donors (Lipinski definition) is 3. The van der Waals surface area contributed by atoms with Crippen molar-refractivity contribution in [1.29, 1.82) is 0 Å². The van der Waals surface area contributed by atoms with Crippen molar-refractivity contribution in [1.82, 2.24) is 55.4 Å². The molecule has 0 bridgehead atoms. The maximum atomic E-state index is 13.5. The summed E-state index contributed by atoms with van der Waals surface area (Å²) in [7, 11) is 1.84. The average molecular weight is 956 g/mol. The first-order valence-electron chi connectivity index (χ1n) is 23.9. The maximum absolute atomic E-state index is 13.5. The van der Waals surface area contributed by atoms with Gasteiger partial charge >= 0.3 is 0 Å². The third kappa shape index (κ3) is 9.21. The zero-order chi connectivity index (χ0) is 48.6. The molecular weight excluding hydrogens is 899 g/mol. The Hall–Kier alpha value is -7.14. The lowest BCUT2D eigenvalue weighted by Gasteiger charge is -2.45. The Bertz CT molecular complexity index is 2860. The number of imide groups is 2. The minimum atomic E-state index is -0.982. The standard InChI is InChI=1S/C48H57N15O7/c1-29-26-60(41-23-32(11-12-49-41)43-37-24-33(5-8-39(37)52-53-43)50-44(65)38-28-62-48(54-55-56-62)57(4)31(38)3)27-30(2)61(29)18-20-70-22-21-69-19-17-58-13-15-59(16-14-58)34-6-7-35-36(25-34)47(68)63(46(35)67)40-9-10-42(64)51-45(40)66/h5-8,11-12,23-25,29-30,40H,9-10,13-22,26-28H2,1-4H3,(H,50,65)(H,52,53)(H,51,64,66)/t29-,30+,40?. The molecule has 0 radical (unpaired) electrons. The van der Waals surface area contributed by atoms with Gasteiger partial charge in [-0.25, -0.2) is 9.67 Å². The second-order valence-electron chi connectivity index (χ2n) is 18.5. The first kappa shape index (κ1) is 46.6. The van der Waals surface area contributed by atoms with Crippen LogP contribution in [0.25, 0.3) is 22.2 Å². The van der Waals surface area contributed by atoms with Crippen molar-refractivity contribution in [2.75, 3.05) is 106 Å². The summed E-state index contributed by atoms with van der Waals surface area (Å²) in [6.45, 7) is 15.3. The summed E-state index contributed by atoms with van der Waals surface area (Å²) in [5.41, 5.74) is 6.00. The van der Waals surface area contributed by atoms with Gasteiger partial charge in [0.25, 0.3) is 17.7 Å². The van der Waals surface area contributed by atoms with E-state index in [1.54, 1.807) is 16.8 Å². The zero-order valence-corrected chi connectivity index (χ0v) is 39.8. The summed E-state index contributed by atoms with van der Waals surface area (Å²) in [5, 5.41) is 25.8. The van der Waals surface area contributed by atoms with Gasteiger partial charge in [0.15, 0.2) is 0 Å². The molecule has 5 aromatic rings. The normalized spacial score (nSPS) is 21.2. The van der Waals surface area contributed by atoms with Crippen molar-refractivity contribution < 1.29 is 33.4 Å². The molecule has 5 aliphatic rings. The summed E-state index contributed by atoms with van der Waals surface area (Å²) in [4.78, 5) is 80.9. The topological polar surface area (TPSA) is 232 Å². The van der Waals surface area contributed by atoms with Gasteiger partial charge in [-0.05, 0) is 86.1 Å². The Morgan fingerprint density at radius 2 is 1.61 bits per heavy atom. The van der Waals surface area contributed by atoms with Gasteiger partial charge in [0.05, 0.1) is 55.2 Å². The predicted molar refractivity (Wildman–Crippen MR) is 258 cm³/mol. The number of benzene rings is 2. The molecule has 3 atom stereocenters. The molecule has 2 aromatic carbocycles. The molecule has 22 heteroatoms. The Morgan fingerprint density at radius 1 is 0.857 bits per heavy atom. The number of aromatic nitrogens is 7. The fourth-order valence-corrected chi connectivity index (χ4v) is 10.2. The number of ether oxygens (including phenoxy) is 2. The fourth-order valence-electron chi connectivity index (χ4n) is 10.2. The first-order chi connectivity index (χ1) is 33.9. The van der Waals surface area contributed by atoms with Crippen LogP contribution in [0, 0.1) is 0 Å². The Morgan fingerprint density at radius 3 is 2.39 bits per heavy atom. The summed E-state index contributed by atoms with van der Waals surface area (Å²) < 4.78 is 13.6. The SMILES string of the molecule is CC1=C(C(=O)Nc2ccc3[nH]nc(-c4ccnc(N5C[C@@H](C)N(CCOCCOCCN6CCN(c7ccc8c(c7)C(=O)N(C7CCC(=O)NC7=O)C8=O)CC6)[C@@H](C)C5)c4)c3c2)Cn2nnnc2N1C. The molecule has 3 fully saturated rings. The lowest BCUT2D eigenvalue weighted by molar-refractivity contribution is -0.136. The molecule has 10 rings (SSSR count). The number of nitrogens with one attached hydrogen (secondary N) is 3. The van der Waals surface area contributed by atoms with Gasteiger partial charge in [0.1, 0.15) is 17.6 Å². The minimum Gasteiger partial charge on any atom is -0.378 e. The van der Waals surface area contributed by atoms with E-state index in [0.29, 0.717) is 49.2 Å². The molecule has 1 unspecified atom stereocenters. The Labute approximate surface area is 403 Å². The van der Waals surface area contributed by atoms with Gasteiger partial charge in [-0.3, -0.25) is 49.1 Å². The van der Waals surface area contributed by atoms with E-state index in [9.17, 15) is 24.0 Å². The van der Waals surface area contributed by atoms with Crippen LogP contribution in [-0.2, 0) is 30.4 Å². The van der Waals surface area contributed by atoms with Crippen molar-refractivity contribution in [3.8, 4) is 11.3 Å². The highest BCUT2D eigenvalue weighted by atomic mass is 16.5. The van der Waals surface area contributed by atoms with E-state index in [0.717, 1.165) is 96.6 Å². The molecule has 70 heavy (non-hydrogen) atoms. The monoisotopic (exact) mass is 955 g/mol. The van der Waals surface area contributed by atoms with Crippen LogP contribution in [0.1, 0.15) is 54.3 Å². The van der Waals surface area contributed by atoms with Crippen LogP contribution < -0.4 is 25.3 Å². The number of carbonyl (C=O) groups is 5. The lowest BCUT2D eigenvalue weighted by atomic mass is 10.0. The molecule has 3 saturated heterocycles. The zero-order valence-electron chi connectivity index (χ0n) is 39.8. The third-order valence-electron chi connectivity index (χ3n) is 14.2. The van der Waals surface area contributed by atoms with Crippen LogP contribution in [0.3, 0.4) is 0 Å². The number of anilines is 4. The highest BCUT2D eigenvalue weighted by Gasteiger charge is 2.45. The number of piperidine rings is 1. The summed E-state index contributed by atoms with van der Waals surface area (Å²) in [6.07, 6.45) is 2.04. The van der Waals surface area contributed by atoms with Crippen LogP contribution in [0.15, 0.2) is 66.0 Å². The summed E-state index contributed by atoms with van der Waals surface area (Å²) >= 11 is 0. The van der Waals surface area contributed by atoms with Gasteiger partial charge in [-0.15, -0.1) is 0 Å². The molecule has 8 heterocycles. The largest absolute Gasteiger partial charge is 0.378 e. The molecule has 5 amide bonds. The number of carbonyl (C=O) groups excluding carboxylic acids is 5. The molecular formula is C48H57N15O7. The number of fused-ring (bicyclic) bond motifs is 3. The Balaban J connectivity index is 0.639. The fraction of sp³-hybridized carbons (Fsp3) is 0.458. The second kappa shape index (κ2) is 19.7. The molecule has 0 saturated carbocycles. The predicted octanol–water partition coefficient (Wildman–Crippen LogP) is 2.13. The number of aromatic amines is 1. The minimum absolute atomic E-state index is 0.0851. The van der Waals surface area contributed by atoms with Gasteiger partial charge in [-0.1, -0.05) is 5.10 Å². The van der Waals surface area contributed by atoms with Crippen molar-refractivity contribution in [2.24, 2.45) is 0 Å². The molecule has 3 N–H and O–H groups in total. The van der Waals surface area contributed by atoms with Crippen molar-refractivity contribution in [3.63, 3.8) is 0 Å². The van der Waals surface area contributed by atoms with E-state index in [2.05, 4.69) is 75.9 Å². The van der Waals surface area contributed by atoms with Crippen LogP contribution in [0.4, 0.5) is 23.1 Å². The number of rotatable bonds is 15. The number of tetrazole rings is 1. The van der Waals surface area contributed by atoms with E-state index < -0.39 is 29.7 Å². The van der Waals surface area contributed by atoms with E-state index in [-0.39, 0.29) is 42.9 Å². The van der Waals surface area contributed by atoms with E-state index in [1.807, 2.05) is 55.4 Å². The van der Waals surface area contributed by atoms with Gasteiger partial charge in [-0.2, -0.15) is 5.10 Å². The highest BCUT2D eigenvalue weighted by Crippen LogP contribution is 2.34. The number of hydrogen-bond acceptors (Lipinski definition) is 17. The number of piperazine rings is 2. The highest BCUT2D eigenvalue weighted by molar-refractivity contribution is 6.23. The van der Waals surface area contributed by atoms with Gasteiger partial charge in [0, 0.05) is 112 Å².